The van der Waals surface area contributed by atoms with E-state index < -0.39 is 0 Å². The van der Waals surface area contributed by atoms with Crippen LogP contribution in [0.25, 0.3) is 0 Å². The maximum atomic E-state index is 2.43. The van der Waals surface area contributed by atoms with Crippen molar-refractivity contribution in [3.05, 3.63) is 12.2 Å². The first-order valence-electron chi connectivity index (χ1n) is 7.60. The summed E-state index contributed by atoms with van der Waals surface area (Å²) >= 11 is 0. The van der Waals surface area contributed by atoms with Crippen LogP contribution in [0.3, 0.4) is 0 Å². The van der Waals surface area contributed by atoms with Crippen molar-refractivity contribution < 1.29 is 9.38 Å². The minimum atomic E-state index is 1.22. The molecule has 1 aliphatic heterocycles. The van der Waals surface area contributed by atoms with Crippen molar-refractivity contribution in [1.82, 2.24) is 0 Å². The summed E-state index contributed by atoms with van der Waals surface area (Å²) in [6.07, 6.45) is 9.17. The molecular weight excluding hydrogens is 208 g/mol. The number of nitrogens with one attached hydrogen (secondary N) is 1. The van der Waals surface area contributed by atoms with Gasteiger partial charge in [-0.3, -0.25) is 0 Å². The first-order chi connectivity index (χ1) is 8.26. The molecule has 0 aromatic heterocycles. The molecule has 0 radical (unpaired) electrons. The number of hydrogen-bond acceptors (Lipinski definition) is 0. The van der Waals surface area contributed by atoms with Crippen molar-refractivity contribution in [3.8, 4) is 0 Å². The number of likely N-dealkylation sites (tertiary alicyclic amines) is 1. The third kappa shape index (κ3) is 4.81. The van der Waals surface area contributed by atoms with Gasteiger partial charge in [-0.2, -0.15) is 0 Å². The van der Waals surface area contributed by atoms with E-state index in [0.29, 0.717) is 0 Å². The largest absolute Gasteiger partial charge is 0.332 e. The highest BCUT2D eigenvalue weighted by atomic mass is 15.3. The van der Waals surface area contributed by atoms with E-state index in [-0.39, 0.29) is 0 Å². The maximum Gasteiger partial charge on any atom is 0.0975 e. The van der Waals surface area contributed by atoms with Gasteiger partial charge < -0.3 is 9.38 Å². The lowest BCUT2D eigenvalue weighted by Gasteiger charge is -2.34. The lowest BCUT2D eigenvalue weighted by molar-refractivity contribution is -0.918. The molecule has 0 unspecified atom stereocenters. The van der Waals surface area contributed by atoms with Crippen LogP contribution in [0.4, 0.5) is 0 Å². The summed E-state index contributed by atoms with van der Waals surface area (Å²) in [6, 6.07) is 0. The summed E-state index contributed by atoms with van der Waals surface area (Å²) < 4.78 is 1.24. The predicted molar refractivity (Wildman–Crippen MR) is 75.3 cm³/mol. The molecule has 1 heterocycles. The molecule has 0 aromatic carbocycles. The quantitative estimate of drug-likeness (QED) is 0.508. The fraction of sp³-hybridized carbons (Fsp3) is 0.867. The first kappa shape index (κ1) is 14.7. The Labute approximate surface area is 108 Å². The third-order valence-corrected chi connectivity index (χ3v) is 4.64. The van der Waals surface area contributed by atoms with Crippen LogP contribution >= 0.6 is 0 Å². The van der Waals surface area contributed by atoms with Gasteiger partial charge in [0.05, 0.1) is 45.8 Å². The van der Waals surface area contributed by atoms with Gasteiger partial charge in [-0.1, -0.05) is 0 Å². The molecule has 0 spiro atoms. The minimum Gasteiger partial charge on any atom is -0.332 e. The molecule has 1 fully saturated rings. The molecule has 0 amide bonds. The van der Waals surface area contributed by atoms with E-state index in [4.69, 9.17) is 0 Å². The van der Waals surface area contributed by atoms with E-state index in [2.05, 4.69) is 32.9 Å². The highest BCUT2D eigenvalue weighted by molar-refractivity contribution is 4.81. The Morgan fingerprint density at radius 3 is 2.00 bits per heavy atom. The number of likely N-dealkylation sites (N-methyl/N-ethyl adjacent to an activating group) is 1. The van der Waals surface area contributed by atoms with Gasteiger partial charge in [-0.25, -0.2) is 0 Å². The molecular formula is C15H32N2+2. The van der Waals surface area contributed by atoms with Crippen LogP contribution in [0.2, 0.25) is 0 Å². The van der Waals surface area contributed by atoms with Crippen LogP contribution in [0.15, 0.2) is 12.2 Å². The molecule has 1 saturated heterocycles. The summed E-state index contributed by atoms with van der Waals surface area (Å²) in [7, 11) is 0. The molecule has 2 nitrogen and oxygen atoms in total. The molecule has 1 N–H and O–H groups in total. The Morgan fingerprint density at radius 1 is 0.882 bits per heavy atom. The summed E-state index contributed by atoms with van der Waals surface area (Å²) in [5, 5.41) is 0. The fourth-order valence-corrected chi connectivity index (χ4v) is 2.86. The summed E-state index contributed by atoms with van der Waals surface area (Å²) in [6.45, 7) is 16.0. The summed E-state index contributed by atoms with van der Waals surface area (Å²) in [4.78, 5) is 1.79. The van der Waals surface area contributed by atoms with Gasteiger partial charge in [0.1, 0.15) is 0 Å². The second kappa shape index (κ2) is 7.88. The zero-order chi connectivity index (χ0) is 12.6. The molecule has 17 heavy (non-hydrogen) atoms. The molecule has 100 valence electrons. The fourth-order valence-electron chi connectivity index (χ4n) is 2.86. The highest BCUT2D eigenvalue weighted by Gasteiger charge is 2.18. The van der Waals surface area contributed by atoms with E-state index in [1.54, 1.807) is 4.90 Å². The first-order valence-corrected chi connectivity index (χ1v) is 7.60. The van der Waals surface area contributed by atoms with Gasteiger partial charge in [0.25, 0.3) is 0 Å². The van der Waals surface area contributed by atoms with Gasteiger partial charge in [0, 0.05) is 0 Å². The highest BCUT2D eigenvalue weighted by Crippen LogP contribution is 2.05. The van der Waals surface area contributed by atoms with E-state index >= 15 is 0 Å². The average Bonchev–Trinajstić information content (AvgIpc) is 2.41. The Balaban J connectivity index is 2.27. The maximum absolute atomic E-state index is 2.43. The molecule has 0 atom stereocenters. The Hall–Kier alpha value is -0.340. The minimum absolute atomic E-state index is 1.22. The topological polar surface area (TPSA) is 4.44 Å². The number of hydrogen-bond donors (Lipinski definition) is 1. The zero-order valence-electron chi connectivity index (χ0n) is 12.2. The van der Waals surface area contributed by atoms with Crippen LogP contribution in [0.5, 0.6) is 0 Å². The summed E-state index contributed by atoms with van der Waals surface area (Å²) in [5.74, 6) is 0. The van der Waals surface area contributed by atoms with Gasteiger partial charge in [-0.05, 0) is 52.2 Å². The molecule has 1 aliphatic rings. The number of piperidine rings is 1. The van der Waals surface area contributed by atoms with E-state index in [1.807, 2.05) is 0 Å². The van der Waals surface area contributed by atoms with Crippen LogP contribution in [-0.4, -0.2) is 50.3 Å². The monoisotopic (exact) mass is 240 g/mol. The van der Waals surface area contributed by atoms with E-state index in [9.17, 15) is 0 Å². The van der Waals surface area contributed by atoms with E-state index in [1.165, 1.54) is 69.6 Å². The molecule has 0 aromatic rings. The zero-order valence-corrected chi connectivity index (χ0v) is 12.2. The number of nitrogens with zero attached hydrogens (tertiary/aromatic N) is 1. The SMILES string of the molecule is CC[N+](CC)(CC)C/C=C/C[NH+]1CCCCC1. The van der Waals surface area contributed by atoms with Crippen molar-refractivity contribution in [1.29, 1.82) is 0 Å². The lowest BCUT2D eigenvalue weighted by atomic mass is 10.1. The van der Waals surface area contributed by atoms with Crippen LogP contribution in [0.1, 0.15) is 40.0 Å². The van der Waals surface area contributed by atoms with Crippen molar-refractivity contribution in [2.24, 2.45) is 0 Å². The van der Waals surface area contributed by atoms with Gasteiger partial charge in [0.15, 0.2) is 0 Å². The average molecular weight is 240 g/mol. The molecule has 0 aliphatic carbocycles. The lowest BCUT2D eigenvalue weighted by Crippen LogP contribution is -3.12. The van der Waals surface area contributed by atoms with Crippen molar-refractivity contribution in [2.75, 3.05) is 45.8 Å². The molecule has 0 saturated carbocycles. The van der Waals surface area contributed by atoms with Crippen molar-refractivity contribution in [2.45, 2.75) is 40.0 Å². The standard InChI is InChI=1S/C15H31N2/c1-4-17(5-2,6-3)15-11-10-14-16-12-8-7-9-13-16/h10-11H,4-9,12-15H2,1-3H3/q+1/p+1/b11-10+. The third-order valence-electron chi connectivity index (χ3n) is 4.64. The Kier molecular flexibility index (Phi) is 6.83. The number of quaternary nitrogens is 2. The van der Waals surface area contributed by atoms with Gasteiger partial charge in [-0.15, -0.1) is 0 Å². The second-order valence-corrected chi connectivity index (χ2v) is 5.46. The van der Waals surface area contributed by atoms with Gasteiger partial charge >= 0.3 is 0 Å². The predicted octanol–water partition coefficient (Wildman–Crippen LogP) is 1.49. The molecule has 1 rings (SSSR count). The number of rotatable bonds is 7. The smallest absolute Gasteiger partial charge is 0.0975 e. The molecule has 2 heteroatoms. The summed E-state index contributed by atoms with van der Waals surface area (Å²) in [5.41, 5.74) is 0. The van der Waals surface area contributed by atoms with Crippen molar-refractivity contribution >= 4 is 0 Å². The van der Waals surface area contributed by atoms with Crippen LogP contribution < -0.4 is 4.90 Å². The molecule has 0 bridgehead atoms. The normalized spacial score (nSPS) is 19.0. The van der Waals surface area contributed by atoms with Gasteiger partial charge in [0.2, 0.25) is 0 Å². The second-order valence-electron chi connectivity index (χ2n) is 5.46. The van der Waals surface area contributed by atoms with Crippen LogP contribution in [-0.2, 0) is 0 Å². The van der Waals surface area contributed by atoms with E-state index in [0.717, 1.165) is 0 Å². The Bertz CT molecular complexity index is 205. The van der Waals surface area contributed by atoms with Crippen molar-refractivity contribution in [3.63, 3.8) is 0 Å². The van der Waals surface area contributed by atoms with Crippen LogP contribution in [0, 0.1) is 0 Å². The Morgan fingerprint density at radius 2 is 1.47 bits per heavy atom.